The molecule has 0 N–H and O–H groups in total. The van der Waals surface area contributed by atoms with Gasteiger partial charge < -0.3 is 23.5 Å². The van der Waals surface area contributed by atoms with Crippen LogP contribution in [-0.2, 0) is 37.9 Å². The molecule has 0 amide bonds. The number of carbonyl (C=O) groups excluding carboxylic acids is 3. The zero-order valence-corrected chi connectivity index (χ0v) is 48.1. The molecule has 3 atom stereocenters. The van der Waals surface area contributed by atoms with Crippen molar-refractivity contribution >= 4 is 62.3 Å². The summed E-state index contributed by atoms with van der Waals surface area (Å²) in [7, 11) is 3.41. The lowest BCUT2D eigenvalue weighted by Gasteiger charge is -2.32. The highest BCUT2D eigenvalue weighted by Gasteiger charge is 2.51. The monoisotopic (exact) mass is 1200 g/mol. The Hall–Kier alpha value is -7.38. The van der Waals surface area contributed by atoms with Crippen LogP contribution in [-0.4, -0.2) is 77.5 Å². The molecule has 0 bridgehead atoms. The van der Waals surface area contributed by atoms with E-state index in [4.69, 9.17) is 23.5 Å². The van der Waals surface area contributed by atoms with Gasteiger partial charge in [0.25, 0.3) is 0 Å². The van der Waals surface area contributed by atoms with E-state index in [1.165, 1.54) is 39.5 Å². The Bertz CT molecular complexity index is 3270. The molecule has 9 rings (SSSR count). The normalized spacial score (nSPS) is 14.0. The minimum absolute atomic E-state index is 0.285. The fraction of sp³-hybridized carbons (Fsp3) is 0.230. The molecule has 0 aliphatic carbocycles. The van der Waals surface area contributed by atoms with Crippen LogP contribution in [0, 0.1) is 31.3 Å². The summed E-state index contributed by atoms with van der Waals surface area (Å²) in [4.78, 5) is 52.7. The van der Waals surface area contributed by atoms with Crippen LogP contribution >= 0.6 is 31.9 Å². The molecule has 3 unspecified atom stereocenters. The van der Waals surface area contributed by atoms with Crippen LogP contribution in [0.1, 0.15) is 90.5 Å². The van der Waals surface area contributed by atoms with Gasteiger partial charge in [0.05, 0.1) is 37.0 Å². The average Bonchev–Trinajstić information content (AvgIpc) is 3.72. The molecule has 8 aromatic rings. The zero-order valence-electron chi connectivity index (χ0n) is 44.9. The van der Waals surface area contributed by atoms with Crippen molar-refractivity contribution < 1.29 is 51.1 Å². The molecular weight excluding hydrogens is 1140 g/mol. The first-order chi connectivity index (χ1) is 37.7. The van der Waals surface area contributed by atoms with Crippen molar-refractivity contribution in [2.45, 2.75) is 70.5 Å². The summed E-state index contributed by atoms with van der Waals surface area (Å²) in [6.07, 6.45) is 6.93. The van der Waals surface area contributed by atoms with E-state index in [9.17, 15) is 27.6 Å². The van der Waals surface area contributed by atoms with E-state index in [0.717, 1.165) is 31.4 Å². The van der Waals surface area contributed by atoms with Gasteiger partial charge in [-0.2, -0.15) is 0 Å². The quantitative estimate of drug-likeness (QED) is 0.0689. The van der Waals surface area contributed by atoms with Crippen LogP contribution in [0.15, 0.2) is 179 Å². The highest BCUT2D eigenvalue weighted by atomic mass is 79.9. The fourth-order valence-electron chi connectivity index (χ4n) is 8.08. The second-order valence-corrected chi connectivity index (χ2v) is 20.7. The van der Waals surface area contributed by atoms with E-state index in [2.05, 4.69) is 51.8 Å². The van der Waals surface area contributed by atoms with E-state index in [1.807, 2.05) is 77.9 Å². The molecule has 0 spiro atoms. The van der Waals surface area contributed by atoms with E-state index in [0.29, 0.717) is 33.6 Å². The third kappa shape index (κ3) is 15.9. The van der Waals surface area contributed by atoms with Crippen molar-refractivity contribution in [1.82, 2.24) is 19.9 Å². The lowest BCUT2D eigenvalue weighted by Crippen LogP contribution is -2.41. The van der Waals surface area contributed by atoms with Crippen molar-refractivity contribution in [2.24, 2.45) is 0 Å². The standard InChI is InChI=1S/C21H24BFO4.C20H17FN2O2.C15H12BrFO2.C5H5BrN2/c1-20(2)21(3,4)27-22(26-20)15-12-10-14(11-13-15)18(19(24)25-5)16-8-6-7-9-17(16)23;1-13-22-11-16(12-23-13)14-7-9-15(10-8-14)19(20(24)25-2)17-5-3-4-6-18(17)21;1-19-15(18)14(10-6-8-11(16)9-7-10)12-4-2-3-5-13(12)17;1-4-7-2-5(6)3-8-4/h6-13,18H,1-5H3;3-12,19H,1-2H3;2-9,14H,1H3;2-3H,1H3. The molecule has 1 aliphatic rings. The Morgan fingerprint density at radius 1 is 0.456 bits per heavy atom. The van der Waals surface area contributed by atoms with E-state index in [1.54, 1.807) is 116 Å². The number of aromatic nitrogens is 4. The second kappa shape index (κ2) is 28.0. The Morgan fingerprint density at radius 3 is 1.10 bits per heavy atom. The van der Waals surface area contributed by atoms with Crippen molar-refractivity contribution in [2.75, 3.05) is 21.3 Å². The maximum absolute atomic E-state index is 14.3. The first-order valence-electron chi connectivity index (χ1n) is 24.7. The first kappa shape index (κ1) is 60.8. The largest absolute Gasteiger partial charge is 0.494 e. The summed E-state index contributed by atoms with van der Waals surface area (Å²) >= 11 is 6.55. The van der Waals surface area contributed by atoms with Gasteiger partial charge in [-0.3, -0.25) is 14.4 Å². The number of benzene rings is 6. The maximum atomic E-state index is 14.3. The number of rotatable bonds is 11. The average molecular weight is 1200 g/mol. The molecule has 79 heavy (non-hydrogen) atoms. The molecular formula is C61H58BBr2F3N4O8. The maximum Gasteiger partial charge on any atom is 0.494 e. The summed E-state index contributed by atoms with van der Waals surface area (Å²) < 4.78 is 70.8. The number of nitrogens with zero attached hydrogens (tertiary/aromatic N) is 4. The van der Waals surface area contributed by atoms with Gasteiger partial charge in [0, 0.05) is 51.5 Å². The molecule has 3 heterocycles. The molecule has 18 heteroatoms. The van der Waals surface area contributed by atoms with Gasteiger partial charge in [-0.25, -0.2) is 33.1 Å². The number of ether oxygens (including phenoxy) is 3. The third-order valence-electron chi connectivity index (χ3n) is 13.1. The number of methoxy groups -OCH3 is 3. The first-order valence-corrected chi connectivity index (χ1v) is 26.3. The van der Waals surface area contributed by atoms with E-state index >= 15 is 0 Å². The van der Waals surface area contributed by atoms with E-state index < -0.39 is 71.4 Å². The van der Waals surface area contributed by atoms with Crippen LogP contribution in [0.25, 0.3) is 11.1 Å². The third-order valence-corrected chi connectivity index (χ3v) is 14.0. The number of carbonyl (C=O) groups is 3. The van der Waals surface area contributed by atoms with E-state index in [-0.39, 0.29) is 5.56 Å². The molecule has 2 aromatic heterocycles. The Labute approximate surface area is 475 Å². The summed E-state index contributed by atoms with van der Waals surface area (Å²) in [6, 6.07) is 40.4. The predicted molar refractivity (Wildman–Crippen MR) is 304 cm³/mol. The molecule has 6 aromatic carbocycles. The zero-order chi connectivity index (χ0) is 57.4. The minimum Gasteiger partial charge on any atom is -0.468 e. The second-order valence-electron chi connectivity index (χ2n) is 18.8. The Kier molecular flexibility index (Phi) is 21.5. The van der Waals surface area contributed by atoms with Crippen LogP contribution in [0.3, 0.4) is 0 Å². The number of halogens is 5. The topological polar surface area (TPSA) is 149 Å². The summed E-state index contributed by atoms with van der Waals surface area (Å²) in [5.74, 6) is -3.68. The van der Waals surface area contributed by atoms with Gasteiger partial charge in [-0.15, -0.1) is 0 Å². The minimum atomic E-state index is -0.830. The number of hydrogen-bond donors (Lipinski definition) is 0. The fourth-order valence-corrected chi connectivity index (χ4v) is 8.54. The summed E-state index contributed by atoms with van der Waals surface area (Å²) in [5, 5.41) is 0. The lowest BCUT2D eigenvalue weighted by molar-refractivity contribution is -0.142. The Balaban J connectivity index is 0.000000180. The number of esters is 3. The predicted octanol–water partition coefficient (Wildman–Crippen LogP) is 12.8. The van der Waals surface area contributed by atoms with Gasteiger partial charge in [0.2, 0.25) is 0 Å². The van der Waals surface area contributed by atoms with Crippen LogP contribution in [0.4, 0.5) is 13.2 Å². The highest BCUT2D eigenvalue weighted by molar-refractivity contribution is 9.10. The van der Waals surface area contributed by atoms with Crippen molar-refractivity contribution in [1.29, 1.82) is 0 Å². The Morgan fingerprint density at radius 2 is 0.772 bits per heavy atom. The SMILES string of the molecule is COC(=O)C(c1ccc(-c2cnc(C)nc2)cc1)c1ccccc1F.COC(=O)C(c1ccc(B2OC(C)(C)C(C)(C)O2)cc1)c1ccccc1F.COC(=O)C(c1ccc(Br)cc1)c1ccccc1F.Cc1ncc(Br)cn1. The van der Waals surface area contributed by atoms with Crippen LogP contribution < -0.4 is 5.46 Å². The molecule has 0 radical (unpaired) electrons. The van der Waals surface area contributed by atoms with Crippen molar-refractivity contribution in [3.05, 3.63) is 242 Å². The molecule has 1 saturated heterocycles. The summed E-state index contributed by atoms with van der Waals surface area (Å²) in [5.41, 5.74) is 4.66. The lowest BCUT2D eigenvalue weighted by atomic mass is 9.78. The summed E-state index contributed by atoms with van der Waals surface area (Å²) in [6.45, 7) is 11.6. The van der Waals surface area contributed by atoms with Crippen LogP contribution in [0.5, 0.6) is 0 Å². The van der Waals surface area contributed by atoms with Crippen LogP contribution in [0.2, 0.25) is 0 Å². The van der Waals surface area contributed by atoms with Gasteiger partial charge in [0.1, 0.15) is 46.9 Å². The highest BCUT2D eigenvalue weighted by Crippen LogP contribution is 2.37. The number of hydrogen-bond acceptors (Lipinski definition) is 12. The smallest absolute Gasteiger partial charge is 0.468 e. The van der Waals surface area contributed by atoms with Crippen molar-refractivity contribution in [3.63, 3.8) is 0 Å². The number of aryl methyl sites for hydroxylation is 2. The van der Waals surface area contributed by atoms with Gasteiger partial charge in [-0.05, 0) is 116 Å². The van der Waals surface area contributed by atoms with Gasteiger partial charge >= 0.3 is 25.0 Å². The molecule has 1 aliphatic heterocycles. The molecule has 12 nitrogen and oxygen atoms in total. The van der Waals surface area contributed by atoms with Gasteiger partial charge in [0.15, 0.2) is 0 Å². The molecule has 408 valence electrons. The molecule has 1 fully saturated rings. The van der Waals surface area contributed by atoms with Crippen molar-refractivity contribution in [3.8, 4) is 11.1 Å². The molecule has 0 saturated carbocycles. The van der Waals surface area contributed by atoms with Gasteiger partial charge in [-0.1, -0.05) is 131 Å².